The largest absolute Gasteiger partial charge is 0.361 e. The summed E-state index contributed by atoms with van der Waals surface area (Å²) < 4.78 is 0. The molecule has 2 heterocycles. The SMILES string of the molecule is C=Cc1cc(CN2CCCCC2)c[nH]1. The minimum atomic E-state index is 1.09. The number of aromatic amines is 1. The number of hydrogen-bond acceptors (Lipinski definition) is 1. The van der Waals surface area contributed by atoms with Crippen molar-refractivity contribution in [3.05, 3.63) is 30.1 Å². The Balaban J connectivity index is 1.92. The van der Waals surface area contributed by atoms with E-state index in [-0.39, 0.29) is 0 Å². The van der Waals surface area contributed by atoms with Crippen molar-refractivity contribution in [2.24, 2.45) is 0 Å². The molecule has 1 N–H and O–H groups in total. The highest BCUT2D eigenvalue weighted by atomic mass is 15.1. The monoisotopic (exact) mass is 190 g/mol. The van der Waals surface area contributed by atoms with Crippen LogP contribution in [0, 0.1) is 0 Å². The number of piperidine rings is 1. The summed E-state index contributed by atoms with van der Waals surface area (Å²) in [6, 6.07) is 2.18. The molecular formula is C12H18N2. The smallest absolute Gasteiger partial charge is 0.0377 e. The summed E-state index contributed by atoms with van der Waals surface area (Å²) in [5, 5.41) is 0. The van der Waals surface area contributed by atoms with Crippen molar-refractivity contribution in [2.75, 3.05) is 13.1 Å². The molecule has 0 aliphatic carbocycles. The minimum Gasteiger partial charge on any atom is -0.361 e. The number of rotatable bonds is 3. The fourth-order valence-electron chi connectivity index (χ4n) is 2.04. The molecule has 2 heteroatoms. The second-order valence-corrected chi connectivity index (χ2v) is 4.00. The first-order valence-electron chi connectivity index (χ1n) is 5.40. The van der Waals surface area contributed by atoms with Crippen molar-refractivity contribution < 1.29 is 0 Å². The molecule has 76 valence electrons. The Morgan fingerprint density at radius 1 is 1.36 bits per heavy atom. The third-order valence-electron chi connectivity index (χ3n) is 2.84. The fourth-order valence-corrected chi connectivity index (χ4v) is 2.04. The van der Waals surface area contributed by atoms with E-state index in [0.717, 1.165) is 12.2 Å². The number of H-pyrrole nitrogens is 1. The van der Waals surface area contributed by atoms with Crippen LogP contribution in [0.5, 0.6) is 0 Å². The van der Waals surface area contributed by atoms with E-state index in [0.29, 0.717) is 0 Å². The summed E-state index contributed by atoms with van der Waals surface area (Å²) in [5.74, 6) is 0. The Kier molecular flexibility index (Phi) is 3.04. The van der Waals surface area contributed by atoms with Crippen LogP contribution in [-0.4, -0.2) is 23.0 Å². The molecule has 0 amide bonds. The average Bonchev–Trinajstić information content (AvgIpc) is 2.67. The maximum atomic E-state index is 3.75. The molecule has 14 heavy (non-hydrogen) atoms. The second-order valence-electron chi connectivity index (χ2n) is 4.00. The van der Waals surface area contributed by atoms with Crippen molar-refractivity contribution in [3.63, 3.8) is 0 Å². The number of aromatic nitrogens is 1. The quantitative estimate of drug-likeness (QED) is 0.776. The summed E-state index contributed by atoms with van der Waals surface area (Å²) in [6.45, 7) is 7.35. The van der Waals surface area contributed by atoms with Gasteiger partial charge in [0.2, 0.25) is 0 Å². The number of likely N-dealkylation sites (tertiary alicyclic amines) is 1. The molecule has 0 spiro atoms. The van der Waals surface area contributed by atoms with E-state index < -0.39 is 0 Å². The van der Waals surface area contributed by atoms with Gasteiger partial charge in [-0.1, -0.05) is 13.0 Å². The zero-order valence-electron chi connectivity index (χ0n) is 8.63. The zero-order valence-corrected chi connectivity index (χ0v) is 8.63. The Morgan fingerprint density at radius 2 is 2.14 bits per heavy atom. The van der Waals surface area contributed by atoms with E-state index in [2.05, 4.69) is 28.7 Å². The lowest BCUT2D eigenvalue weighted by Crippen LogP contribution is -2.28. The standard InChI is InChI=1S/C12H18N2/c1-2-12-8-11(9-13-12)10-14-6-4-3-5-7-14/h2,8-9,13H,1,3-7,10H2. The van der Waals surface area contributed by atoms with Gasteiger partial charge in [-0.15, -0.1) is 0 Å². The van der Waals surface area contributed by atoms with Crippen molar-refractivity contribution in [1.29, 1.82) is 0 Å². The molecule has 0 saturated carbocycles. The van der Waals surface area contributed by atoms with Crippen molar-refractivity contribution in [2.45, 2.75) is 25.8 Å². The first-order valence-corrected chi connectivity index (χ1v) is 5.40. The number of nitrogens with zero attached hydrogens (tertiary/aromatic N) is 1. The van der Waals surface area contributed by atoms with Crippen molar-refractivity contribution >= 4 is 6.08 Å². The molecule has 0 radical (unpaired) electrons. The van der Waals surface area contributed by atoms with Gasteiger partial charge in [0.15, 0.2) is 0 Å². The molecule has 0 unspecified atom stereocenters. The predicted molar refractivity (Wildman–Crippen MR) is 60.0 cm³/mol. The number of nitrogens with one attached hydrogen (secondary N) is 1. The van der Waals surface area contributed by atoms with Gasteiger partial charge in [0, 0.05) is 18.4 Å². The topological polar surface area (TPSA) is 19.0 Å². The average molecular weight is 190 g/mol. The van der Waals surface area contributed by atoms with E-state index in [9.17, 15) is 0 Å². The van der Waals surface area contributed by atoms with Gasteiger partial charge >= 0.3 is 0 Å². The van der Waals surface area contributed by atoms with Crippen LogP contribution in [0.4, 0.5) is 0 Å². The van der Waals surface area contributed by atoms with Gasteiger partial charge in [-0.05, 0) is 43.6 Å². The van der Waals surface area contributed by atoms with Gasteiger partial charge < -0.3 is 4.98 Å². The van der Waals surface area contributed by atoms with Crippen LogP contribution in [0.25, 0.3) is 6.08 Å². The maximum absolute atomic E-state index is 3.75. The number of hydrogen-bond donors (Lipinski definition) is 1. The van der Waals surface area contributed by atoms with E-state index in [1.165, 1.54) is 37.9 Å². The molecule has 1 saturated heterocycles. The molecule has 1 aliphatic rings. The summed E-state index contributed by atoms with van der Waals surface area (Å²) in [6.07, 6.45) is 8.07. The van der Waals surface area contributed by atoms with Gasteiger partial charge in [0.05, 0.1) is 0 Å². The first kappa shape index (κ1) is 9.53. The van der Waals surface area contributed by atoms with Crippen LogP contribution >= 0.6 is 0 Å². The molecule has 0 atom stereocenters. The Morgan fingerprint density at radius 3 is 2.79 bits per heavy atom. The van der Waals surface area contributed by atoms with E-state index >= 15 is 0 Å². The summed E-state index contributed by atoms with van der Waals surface area (Å²) in [5.41, 5.74) is 2.50. The lowest BCUT2D eigenvalue weighted by atomic mass is 10.1. The highest BCUT2D eigenvalue weighted by molar-refractivity contribution is 5.43. The highest BCUT2D eigenvalue weighted by Gasteiger charge is 2.10. The normalized spacial score (nSPS) is 18.3. The Hall–Kier alpha value is -1.02. The van der Waals surface area contributed by atoms with Crippen molar-refractivity contribution in [1.82, 2.24) is 9.88 Å². The van der Waals surface area contributed by atoms with Gasteiger partial charge in [0.1, 0.15) is 0 Å². The van der Waals surface area contributed by atoms with Gasteiger partial charge in [-0.25, -0.2) is 0 Å². The van der Waals surface area contributed by atoms with Crippen LogP contribution in [0.2, 0.25) is 0 Å². The second kappa shape index (κ2) is 4.47. The predicted octanol–water partition coefficient (Wildman–Crippen LogP) is 2.64. The molecule has 1 aromatic rings. The van der Waals surface area contributed by atoms with E-state index in [1.54, 1.807) is 0 Å². The summed E-state index contributed by atoms with van der Waals surface area (Å²) in [4.78, 5) is 5.73. The fraction of sp³-hybridized carbons (Fsp3) is 0.500. The maximum Gasteiger partial charge on any atom is 0.0377 e. The Bertz CT molecular complexity index is 295. The third kappa shape index (κ3) is 2.26. The summed E-state index contributed by atoms with van der Waals surface area (Å²) in [7, 11) is 0. The van der Waals surface area contributed by atoms with Crippen LogP contribution in [-0.2, 0) is 6.54 Å². The van der Waals surface area contributed by atoms with Crippen molar-refractivity contribution in [3.8, 4) is 0 Å². The van der Waals surface area contributed by atoms with E-state index in [4.69, 9.17) is 0 Å². The molecule has 0 aromatic carbocycles. The first-order chi connectivity index (χ1) is 6.88. The highest BCUT2D eigenvalue weighted by Crippen LogP contribution is 2.13. The molecule has 2 rings (SSSR count). The molecule has 1 aliphatic heterocycles. The van der Waals surface area contributed by atoms with Crippen LogP contribution in [0.1, 0.15) is 30.5 Å². The third-order valence-corrected chi connectivity index (χ3v) is 2.84. The minimum absolute atomic E-state index is 1.09. The molecule has 1 aromatic heterocycles. The molecular weight excluding hydrogens is 172 g/mol. The zero-order chi connectivity index (χ0) is 9.80. The van der Waals surface area contributed by atoms with E-state index in [1.807, 2.05) is 6.08 Å². The lowest BCUT2D eigenvalue weighted by molar-refractivity contribution is 0.221. The van der Waals surface area contributed by atoms with Crippen LogP contribution < -0.4 is 0 Å². The molecule has 1 fully saturated rings. The molecule has 0 bridgehead atoms. The van der Waals surface area contributed by atoms with Gasteiger partial charge in [-0.3, -0.25) is 4.90 Å². The summed E-state index contributed by atoms with van der Waals surface area (Å²) >= 11 is 0. The van der Waals surface area contributed by atoms with Gasteiger partial charge in [0.25, 0.3) is 0 Å². The van der Waals surface area contributed by atoms with Crippen LogP contribution in [0.15, 0.2) is 18.8 Å². The lowest BCUT2D eigenvalue weighted by Gasteiger charge is -2.25. The molecule has 2 nitrogen and oxygen atoms in total. The Labute approximate surface area is 85.6 Å². The van der Waals surface area contributed by atoms with Crippen LogP contribution in [0.3, 0.4) is 0 Å². The van der Waals surface area contributed by atoms with Gasteiger partial charge in [-0.2, -0.15) is 0 Å².